The van der Waals surface area contributed by atoms with E-state index < -0.39 is 0 Å². The van der Waals surface area contributed by atoms with E-state index in [9.17, 15) is 4.79 Å². The molecule has 1 unspecified atom stereocenters. The van der Waals surface area contributed by atoms with Gasteiger partial charge in [-0.1, -0.05) is 18.2 Å². The SMILES string of the molecule is CCn1c(SCCC2CCCCN2)n[nH]c1=O. The molecule has 2 rings (SSSR count). The van der Waals surface area contributed by atoms with Crippen molar-refractivity contribution in [3.05, 3.63) is 10.5 Å². The van der Waals surface area contributed by atoms with Crippen LogP contribution >= 0.6 is 11.8 Å². The average molecular weight is 256 g/mol. The molecule has 1 aliphatic rings. The first kappa shape index (κ1) is 12.7. The molecule has 1 aliphatic heterocycles. The molecule has 2 N–H and O–H groups in total. The van der Waals surface area contributed by atoms with Crippen LogP contribution in [0.25, 0.3) is 0 Å². The summed E-state index contributed by atoms with van der Waals surface area (Å²) in [5.74, 6) is 1.02. The van der Waals surface area contributed by atoms with E-state index >= 15 is 0 Å². The number of piperidine rings is 1. The highest BCUT2D eigenvalue weighted by Gasteiger charge is 2.13. The van der Waals surface area contributed by atoms with Gasteiger partial charge in [0.2, 0.25) is 0 Å². The molecule has 0 bridgehead atoms. The van der Waals surface area contributed by atoms with Gasteiger partial charge in [0.25, 0.3) is 0 Å². The Morgan fingerprint density at radius 3 is 3.12 bits per heavy atom. The van der Waals surface area contributed by atoms with Crippen LogP contribution in [-0.2, 0) is 6.54 Å². The van der Waals surface area contributed by atoms with Crippen molar-refractivity contribution < 1.29 is 0 Å². The molecular formula is C11H20N4OS. The number of aromatic amines is 1. The highest BCUT2D eigenvalue weighted by atomic mass is 32.2. The Labute approximate surface area is 105 Å². The van der Waals surface area contributed by atoms with E-state index in [0.29, 0.717) is 12.6 Å². The largest absolute Gasteiger partial charge is 0.343 e. The minimum atomic E-state index is -0.106. The van der Waals surface area contributed by atoms with Crippen molar-refractivity contribution in [2.75, 3.05) is 12.3 Å². The van der Waals surface area contributed by atoms with E-state index in [1.54, 1.807) is 16.3 Å². The lowest BCUT2D eigenvalue weighted by Gasteiger charge is -2.22. The number of nitrogens with zero attached hydrogens (tertiary/aromatic N) is 2. The Balaban J connectivity index is 1.79. The summed E-state index contributed by atoms with van der Waals surface area (Å²) in [7, 11) is 0. The Morgan fingerprint density at radius 2 is 2.41 bits per heavy atom. The minimum absolute atomic E-state index is 0.106. The van der Waals surface area contributed by atoms with Gasteiger partial charge in [-0.3, -0.25) is 4.57 Å². The van der Waals surface area contributed by atoms with Crippen molar-refractivity contribution in [1.82, 2.24) is 20.1 Å². The fourth-order valence-electron chi connectivity index (χ4n) is 2.16. The molecule has 1 fully saturated rings. The Morgan fingerprint density at radius 1 is 1.53 bits per heavy atom. The summed E-state index contributed by atoms with van der Waals surface area (Å²) in [5.41, 5.74) is -0.106. The maximum absolute atomic E-state index is 11.4. The third-order valence-electron chi connectivity index (χ3n) is 3.15. The van der Waals surface area contributed by atoms with Gasteiger partial charge < -0.3 is 5.32 Å². The lowest BCUT2D eigenvalue weighted by atomic mass is 10.0. The predicted octanol–water partition coefficient (Wildman–Crippen LogP) is 1.22. The van der Waals surface area contributed by atoms with Crippen LogP contribution in [0.4, 0.5) is 0 Å². The number of rotatable bonds is 5. The second kappa shape index (κ2) is 6.26. The van der Waals surface area contributed by atoms with E-state index in [-0.39, 0.29) is 5.69 Å². The maximum Gasteiger partial charge on any atom is 0.343 e. The molecular weight excluding hydrogens is 236 g/mol. The van der Waals surface area contributed by atoms with Crippen LogP contribution in [0.15, 0.2) is 9.95 Å². The van der Waals surface area contributed by atoms with Crippen LogP contribution in [0.5, 0.6) is 0 Å². The molecule has 0 spiro atoms. The number of hydrogen-bond acceptors (Lipinski definition) is 4. The van der Waals surface area contributed by atoms with Gasteiger partial charge in [0, 0.05) is 18.3 Å². The van der Waals surface area contributed by atoms with Crippen LogP contribution in [0.1, 0.15) is 32.6 Å². The first-order valence-corrected chi connectivity index (χ1v) is 7.31. The van der Waals surface area contributed by atoms with Crippen molar-refractivity contribution in [3.63, 3.8) is 0 Å². The summed E-state index contributed by atoms with van der Waals surface area (Å²) in [5, 5.41) is 10.9. The second-order valence-corrected chi connectivity index (χ2v) is 5.40. The number of aromatic nitrogens is 3. The van der Waals surface area contributed by atoms with Crippen molar-refractivity contribution >= 4 is 11.8 Å². The molecule has 1 atom stereocenters. The zero-order chi connectivity index (χ0) is 12.1. The molecule has 0 amide bonds. The van der Waals surface area contributed by atoms with Crippen LogP contribution < -0.4 is 11.0 Å². The molecule has 2 heterocycles. The van der Waals surface area contributed by atoms with E-state index in [4.69, 9.17) is 0 Å². The molecule has 5 nitrogen and oxygen atoms in total. The van der Waals surface area contributed by atoms with Crippen molar-refractivity contribution in [2.24, 2.45) is 0 Å². The molecule has 0 radical (unpaired) electrons. The molecule has 17 heavy (non-hydrogen) atoms. The number of H-pyrrole nitrogens is 1. The van der Waals surface area contributed by atoms with Crippen LogP contribution in [-0.4, -0.2) is 33.1 Å². The summed E-state index contributed by atoms with van der Waals surface area (Å²) in [4.78, 5) is 11.4. The van der Waals surface area contributed by atoms with Crippen molar-refractivity contribution in [2.45, 2.75) is 50.4 Å². The summed E-state index contributed by atoms with van der Waals surface area (Å²) in [6, 6.07) is 0.650. The van der Waals surface area contributed by atoms with Gasteiger partial charge in [0.1, 0.15) is 0 Å². The Hall–Kier alpha value is -0.750. The minimum Gasteiger partial charge on any atom is -0.314 e. The summed E-state index contributed by atoms with van der Waals surface area (Å²) >= 11 is 1.67. The first-order valence-electron chi connectivity index (χ1n) is 6.32. The van der Waals surface area contributed by atoms with E-state index in [2.05, 4.69) is 15.5 Å². The predicted molar refractivity (Wildman–Crippen MR) is 69.5 cm³/mol. The molecule has 96 valence electrons. The molecule has 1 aromatic rings. The zero-order valence-corrected chi connectivity index (χ0v) is 11.1. The summed E-state index contributed by atoms with van der Waals surface area (Å²) < 4.78 is 1.68. The van der Waals surface area contributed by atoms with E-state index in [1.807, 2.05) is 6.92 Å². The summed E-state index contributed by atoms with van der Waals surface area (Å²) in [6.45, 7) is 3.79. The van der Waals surface area contributed by atoms with Crippen LogP contribution in [0.2, 0.25) is 0 Å². The maximum atomic E-state index is 11.4. The number of thioether (sulfide) groups is 1. The Kier molecular flexibility index (Phi) is 4.67. The van der Waals surface area contributed by atoms with Gasteiger partial charge in [0.15, 0.2) is 5.16 Å². The first-order chi connectivity index (χ1) is 8.31. The third kappa shape index (κ3) is 3.35. The normalized spacial score (nSPS) is 20.6. The second-order valence-electron chi connectivity index (χ2n) is 4.34. The highest BCUT2D eigenvalue weighted by Crippen LogP contribution is 2.18. The summed E-state index contributed by atoms with van der Waals surface area (Å²) in [6.07, 6.45) is 5.07. The fourth-order valence-corrected chi connectivity index (χ4v) is 3.22. The van der Waals surface area contributed by atoms with Gasteiger partial charge in [-0.25, -0.2) is 9.89 Å². The van der Waals surface area contributed by atoms with Gasteiger partial charge >= 0.3 is 5.69 Å². The number of nitrogens with one attached hydrogen (secondary N) is 2. The van der Waals surface area contributed by atoms with Crippen LogP contribution in [0.3, 0.4) is 0 Å². The molecule has 0 aromatic carbocycles. The van der Waals surface area contributed by atoms with E-state index in [0.717, 1.165) is 23.9 Å². The molecule has 0 aliphatic carbocycles. The lowest BCUT2D eigenvalue weighted by Crippen LogP contribution is -2.34. The fraction of sp³-hybridized carbons (Fsp3) is 0.818. The highest BCUT2D eigenvalue weighted by molar-refractivity contribution is 7.99. The van der Waals surface area contributed by atoms with Gasteiger partial charge in [-0.05, 0) is 32.7 Å². The molecule has 0 saturated carbocycles. The van der Waals surface area contributed by atoms with Gasteiger partial charge in [0.05, 0.1) is 0 Å². The molecule has 1 saturated heterocycles. The molecule has 6 heteroatoms. The monoisotopic (exact) mass is 256 g/mol. The van der Waals surface area contributed by atoms with Crippen LogP contribution in [0, 0.1) is 0 Å². The zero-order valence-electron chi connectivity index (χ0n) is 10.2. The topological polar surface area (TPSA) is 62.7 Å². The standard InChI is InChI=1S/C11H20N4OS/c1-2-15-10(16)13-14-11(15)17-8-6-9-5-3-4-7-12-9/h9,12H,2-8H2,1H3,(H,13,16). The average Bonchev–Trinajstić information content (AvgIpc) is 2.71. The quantitative estimate of drug-likeness (QED) is 0.778. The van der Waals surface area contributed by atoms with E-state index in [1.165, 1.54) is 19.3 Å². The lowest BCUT2D eigenvalue weighted by molar-refractivity contribution is 0.394. The van der Waals surface area contributed by atoms with Gasteiger partial charge in [-0.2, -0.15) is 0 Å². The van der Waals surface area contributed by atoms with Crippen molar-refractivity contribution in [1.29, 1.82) is 0 Å². The third-order valence-corrected chi connectivity index (χ3v) is 4.16. The number of hydrogen-bond donors (Lipinski definition) is 2. The van der Waals surface area contributed by atoms with Crippen molar-refractivity contribution in [3.8, 4) is 0 Å². The van der Waals surface area contributed by atoms with Gasteiger partial charge in [-0.15, -0.1) is 5.10 Å². The molecule has 1 aromatic heterocycles. The Bertz CT molecular complexity index is 394. The smallest absolute Gasteiger partial charge is 0.314 e.